The van der Waals surface area contributed by atoms with E-state index in [1.165, 1.54) is 12.1 Å². The predicted molar refractivity (Wildman–Crippen MR) is 120 cm³/mol. The summed E-state index contributed by atoms with van der Waals surface area (Å²) in [5.74, 6) is 2.92. The van der Waals surface area contributed by atoms with Crippen molar-refractivity contribution in [2.24, 2.45) is 0 Å². The van der Waals surface area contributed by atoms with Gasteiger partial charge in [-0.25, -0.2) is 18.7 Å². The molecular weight excluding hydrogens is 433 g/mol. The van der Waals surface area contributed by atoms with E-state index in [-0.39, 0.29) is 11.9 Å². The van der Waals surface area contributed by atoms with Crippen LogP contribution in [0, 0.1) is 5.82 Å². The van der Waals surface area contributed by atoms with E-state index in [0.29, 0.717) is 5.75 Å². The Balaban J connectivity index is 1.19. The Hall–Kier alpha value is -2.29. The molecule has 2 aliphatic heterocycles. The van der Waals surface area contributed by atoms with E-state index in [2.05, 4.69) is 14.3 Å². The molecule has 5 nitrogen and oxygen atoms in total. The summed E-state index contributed by atoms with van der Waals surface area (Å²) in [6.07, 6.45) is 4.66. The van der Waals surface area contributed by atoms with Crippen LogP contribution in [-0.2, 0) is 6.42 Å². The van der Waals surface area contributed by atoms with Gasteiger partial charge in [-0.1, -0.05) is 12.1 Å². The molecule has 0 bridgehead atoms. The van der Waals surface area contributed by atoms with Crippen LogP contribution in [0.25, 0.3) is 0 Å². The number of fused-ring (bicyclic) bond motifs is 1. The Morgan fingerprint density at radius 1 is 1.03 bits per heavy atom. The molecule has 0 amide bonds. The summed E-state index contributed by atoms with van der Waals surface area (Å²) >= 11 is 3.48. The molecule has 31 heavy (non-hydrogen) atoms. The fraction of sp³-hybridized carbons (Fsp3) is 0.304. The molecule has 1 aromatic heterocycles. The fourth-order valence-electron chi connectivity index (χ4n) is 3.63. The van der Waals surface area contributed by atoms with Crippen molar-refractivity contribution >= 4 is 23.7 Å². The number of ether oxygens (including phenoxy) is 2. The Kier molecular flexibility index (Phi) is 6.29. The molecule has 0 radical (unpaired) electrons. The summed E-state index contributed by atoms with van der Waals surface area (Å²) in [5, 5.41) is 0. The van der Waals surface area contributed by atoms with E-state index in [4.69, 9.17) is 9.47 Å². The molecule has 5 rings (SSSR count). The molecule has 2 aromatic carbocycles. The Morgan fingerprint density at radius 2 is 1.84 bits per heavy atom. The molecule has 0 N–H and O–H groups in total. The maximum absolute atomic E-state index is 13.2. The lowest BCUT2D eigenvalue weighted by atomic mass is 10.1. The predicted octanol–water partition coefficient (Wildman–Crippen LogP) is 5.61. The van der Waals surface area contributed by atoms with Crippen LogP contribution in [0.15, 0.2) is 64.6 Å². The van der Waals surface area contributed by atoms with Crippen LogP contribution in [0.5, 0.6) is 17.4 Å². The highest BCUT2D eigenvalue weighted by molar-refractivity contribution is 7.99. The molecular formula is C23H22FN3O2S2. The molecule has 160 valence electrons. The van der Waals surface area contributed by atoms with Gasteiger partial charge in [0.25, 0.3) is 0 Å². The standard InChI is InChI=1S/C23H22FN3O2S2/c24-16-5-7-17(8-6-16)28-20-3-1-2-4-21(20)31-27-12-9-18(10-13-27)29-23-22-19(11-14-30-22)25-15-26-23/h1-8,15,18H,9-14H2. The van der Waals surface area contributed by atoms with Gasteiger partial charge >= 0.3 is 0 Å². The molecule has 1 saturated heterocycles. The third kappa shape index (κ3) is 4.97. The first-order valence-electron chi connectivity index (χ1n) is 10.3. The molecule has 0 unspecified atom stereocenters. The lowest BCUT2D eigenvalue weighted by Crippen LogP contribution is -2.34. The summed E-state index contributed by atoms with van der Waals surface area (Å²) < 4.78 is 27.7. The van der Waals surface area contributed by atoms with E-state index in [9.17, 15) is 4.39 Å². The first kappa shape index (κ1) is 20.6. The maximum Gasteiger partial charge on any atom is 0.231 e. The average molecular weight is 456 g/mol. The second kappa shape index (κ2) is 9.46. The Morgan fingerprint density at radius 3 is 2.68 bits per heavy atom. The van der Waals surface area contributed by atoms with Gasteiger partial charge in [-0.15, -0.1) is 11.8 Å². The van der Waals surface area contributed by atoms with Crippen LogP contribution in [0.4, 0.5) is 4.39 Å². The second-order valence-electron chi connectivity index (χ2n) is 7.39. The normalized spacial score (nSPS) is 16.8. The molecule has 0 spiro atoms. The number of nitrogens with zero attached hydrogens (tertiary/aromatic N) is 3. The minimum Gasteiger partial charge on any atom is -0.473 e. The van der Waals surface area contributed by atoms with Crippen molar-refractivity contribution in [3.05, 3.63) is 66.4 Å². The van der Waals surface area contributed by atoms with E-state index in [0.717, 1.165) is 65.2 Å². The highest BCUT2D eigenvalue weighted by atomic mass is 32.2. The molecule has 1 fully saturated rings. The summed E-state index contributed by atoms with van der Waals surface area (Å²) in [6, 6.07) is 14.0. The van der Waals surface area contributed by atoms with Crippen molar-refractivity contribution in [1.29, 1.82) is 0 Å². The minimum absolute atomic E-state index is 0.169. The van der Waals surface area contributed by atoms with Crippen molar-refractivity contribution in [3.8, 4) is 17.4 Å². The zero-order chi connectivity index (χ0) is 21.0. The third-order valence-corrected chi connectivity index (χ3v) is 7.49. The Bertz CT molecular complexity index is 1040. The SMILES string of the molecule is Fc1ccc(Oc2ccccc2SN2CCC(Oc3ncnc4c3SCC4)CC2)cc1. The number of hydrogen-bond acceptors (Lipinski definition) is 7. The number of benzene rings is 2. The maximum atomic E-state index is 13.2. The van der Waals surface area contributed by atoms with Gasteiger partial charge in [0.05, 0.1) is 15.5 Å². The summed E-state index contributed by atoms with van der Waals surface area (Å²) in [7, 11) is 0. The number of piperidine rings is 1. The van der Waals surface area contributed by atoms with Crippen LogP contribution in [-0.4, -0.2) is 39.2 Å². The number of para-hydroxylation sites is 1. The number of aromatic nitrogens is 2. The number of rotatable bonds is 6. The van der Waals surface area contributed by atoms with Gasteiger partial charge in [0, 0.05) is 25.3 Å². The van der Waals surface area contributed by atoms with Crippen LogP contribution < -0.4 is 9.47 Å². The Labute approximate surface area is 189 Å². The van der Waals surface area contributed by atoms with Crippen LogP contribution in [0.1, 0.15) is 18.5 Å². The van der Waals surface area contributed by atoms with E-state index in [1.54, 1.807) is 42.2 Å². The monoisotopic (exact) mass is 455 g/mol. The number of hydrogen-bond donors (Lipinski definition) is 0. The van der Waals surface area contributed by atoms with Crippen LogP contribution in [0.3, 0.4) is 0 Å². The smallest absolute Gasteiger partial charge is 0.231 e. The second-order valence-corrected chi connectivity index (χ2v) is 9.64. The van der Waals surface area contributed by atoms with Crippen molar-refractivity contribution in [1.82, 2.24) is 14.3 Å². The lowest BCUT2D eigenvalue weighted by molar-refractivity contribution is 0.129. The van der Waals surface area contributed by atoms with Crippen molar-refractivity contribution in [2.75, 3.05) is 18.8 Å². The van der Waals surface area contributed by atoms with Crippen molar-refractivity contribution < 1.29 is 13.9 Å². The van der Waals surface area contributed by atoms with Crippen molar-refractivity contribution in [3.63, 3.8) is 0 Å². The summed E-state index contributed by atoms with van der Waals surface area (Å²) in [6.45, 7) is 1.83. The van der Waals surface area contributed by atoms with Gasteiger partial charge in [-0.2, -0.15) is 0 Å². The van der Waals surface area contributed by atoms with Gasteiger partial charge in [0.1, 0.15) is 29.7 Å². The highest BCUT2D eigenvalue weighted by Crippen LogP contribution is 2.38. The number of thioether (sulfide) groups is 1. The summed E-state index contributed by atoms with van der Waals surface area (Å²) in [5.41, 5.74) is 1.11. The molecule has 0 aliphatic carbocycles. The highest BCUT2D eigenvalue weighted by Gasteiger charge is 2.25. The first-order valence-corrected chi connectivity index (χ1v) is 12.1. The zero-order valence-corrected chi connectivity index (χ0v) is 18.5. The molecule has 3 aromatic rings. The van der Waals surface area contributed by atoms with E-state index < -0.39 is 0 Å². The molecule has 0 saturated carbocycles. The first-order chi connectivity index (χ1) is 15.2. The molecule has 3 heterocycles. The van der Waals surface area contributed by atoms with Gasteiger partial charge in [0.2, 0.25) is 5.88 Å². The topological polar surface area (TPSA) is 47.5 Å². The summed E-state index contributed by atoms with van der Waals surface area (Å²) in [4.78, 5) is 10.9. The van der Waals surface area contributed by atoms with Gasteiger partial charge in [-0.05, 0) is 61.2 Å². The van der Waals surface area contributed by atoms with Crippen LogP contribution in [0.2, 0.25) is 0 Å². The fourth-order valence-corrected chi connectivity index (χ4v) is 5.68. The zero-order valence-electron chi connectivity index (χ0n) is 16.9. The molecule has 2 aliphatic rings. The quantitative estimate of drug-likeness (QED) is 0.448. The van der Waals surface area contributed by atoms with Crippen molar-refractivity contribution in [2.45, 2.75) is 35.2 Å². The largest absolute Gasteiger partial charge is 0.473 e. The average Bonchev–Trinajstić information content (AvgIpc) is 3.28. The minimum atomic E-state index is -0.273. The van der Waals surface area contributed by atoms with Gasteiger partial charge in [-0.3, -0.25) is 0 Å². The van der Waals surface area contributed by atoms with E-state index >= 15 is 0 Å². The number of halogens is 1. The molecule has 8 heteroatoms. The van der Waals surface area contributed by atoms with Gasteiger partial charge in [0.15, 0.2) is 0 Å². The van der Waals surface area contributed by atoms with Crippen LogP contribution >= 0.6 is 23.7 Å². The third-order valence-electron chi connectivity index (χ3n) is 5.23. The molecule has 0 atom stereocenters. The van der Waals surface area contributed by atoms with E-state index in [1.807, 2.05) is 24.3 Å². The number of aryl methyl sites for hydroxylation is 1. The lowest BCUT2D eigenvalue weighted by Gasteiger charge is -2.31. The van der Waals surface area contributed by atoms with Gasteiger partial charge < -0.3 is 9.47 Å².